The van der Waals surface area contributed by atoms with Crippen LogP contribution in [0.15, 0.2) is 4.52 Å². The number of rotatable bonds is 2. The molecule has 4 rings (SSSR count). The molecule has 2 bridgehead atoms. The number of hydrogen-bond donors (Lipinski definition) is 2. The third-order valence-electron chi connectivity index (χ3n) is 4.22. The number of nitrogens with zero attached hydrogens (tertiary/aromatic N) is 4. The minimum Gasteiger partial charge on any atom is -0.366 e. The van der Waals surface area contributed by atoms with Crippen molar-refractivity contribution in [2.24, 2.45) is 11.8 Å². The Balaban J connectivity index is 1.62. The van der Waals surface area contributed by atoms with Gasteiger partial charge in [-0.2, -0.15) is 9.97 Å². The lowest BCUT2D eigenvalue weighted by atomic mass is 9.88. The van der Waals surface area contributed by atoms with Crippen LogP contribution in [-0.2, 0) is 0 Å². The summed E-state index contributed by atoms with van der Waals surface area (Å²) in [6.07, 6.45) is 5.19. The van der Waals surface area contributed by atoms with Crippen LogP contribution in [0.25, 0.3) is 11.7 Å². The molecule has 0 amide bonds. The van der Waals surface area contributed by atoms with Gasteiger partial charge in [0.15, 0.2) is 5.82 Å². The van der Waals surface area contributed by atoms with E-state index in [-0.39, 0.29) is 5.95 Å². The van der Waals surface area contributed by atoms with Crippen LogP contribution >= 0.6 is 0 Å². The molecular formula is C11H14N6O. The maximum Gasteiger partial charge on any atom is 0.295 e. The monoisotopic (exact) mass is 246 g/mol. The summed E-state index contributed by atoms with van der Waals surface area (Å²) in [5.74, 6) is 3.87. The number of anilines is 1. The minimum absolute atomic E-state index is 0.185. The molecule has 3 atom stereocenters. The smallest absolute Gasteiger partial charge is 0.295 e. The van der Waals surface area contributed by atoms with E-state index in [1.54, 1.807) is 0 Å². The van der Waals surface area contributed by atoms with Gasteiger partial charge >= 0.3 is 0 Å². The van der Waals surface area contributed by atoms with Gasteiger partial charge in [0.2, 0.25) is 11.8 Å². The Labute approximate surface area is 103 Å². The lowest BCUT2D eigenvalue weighted by molar-refractivity contribution is 0.371. The number of aromatic amines is 1. The summed E-state index contributed by atoms with van der Waals surface area (Å²) in [6, 6.07) is 0. The zero-order chi connectivity index (χ0) is 12.1. The van der Waals surface area contributed by atoms with E-state index in [1.807, 2.05) is 0 Å². The van der Waals surface area contributed by atoms with Gasteiger partial charge in [-0.1, -0.05) is 11.6 Å². The van der Waals surface area contributed by atoms with Crippen LogP contribution in [0.1, 0.15) is 37.4 Å². The maximum atomic E-state index is 5.45. The van der Waals surface area contributed by atoms with Crippen LogP contribution in [-0.4, -0.2) is 25.3 Å². The highest BCUT2D eigenvalue weighted by molar-refractivity contribution is 5.41. The molecular weight excluding hydrogens is 232 g/mol. The Morgan fingerprint density at radius 2 is 2.17 bits per heavy atom. The molecule has 2 heterocycles. The first-order valence-electron chi connectivity index (χ1n) is 6.31. The molecule has 0 spiro atoms. The van der Waals surface area contributed by atoms with Crippen molar-refractivity contribution in [3.8, 4) is 11.7 Å². The molecule has 7 heteroatoms. The van der Waals surface area contributed by atoms with E-state index in [0.717, 1.165) is 17.7 Å². The molecule has 3 N–H and O–H groups in total. The summed E-state index contributed by atoms with van der Waals surface area (Å²) < 4.78 is 5.23. The standard InChI is InChI=1S/C11H14N6O/c12-11-14-9(15-16-11)10-13-8(17-18-10)7-4-5-1-2-6(7)3-5/h5-7H,1-4H2,(H3,12,14,15,16). The number of aromatic nitrogens is 5. The molecule has 2 aliphatic rings. The molecule has 2 saturated carbocycles. The second-order valence-corrected chi connectivity index (χ2v) is 5.28. The van der Waals surface area contributed by atoms with Crippen molar-refractivity contribution < 1.29 is 4.52 Å². The van der Waals surface area contributed by atoms with E-state index in [4.69, 9.17) is 10.3 Å². The highest BCUT2D eigenvalue weighted by atomic mass is 16.5. The third-order valence-corrected chi connectivity index (χ3v) is 4.22. The van der Waals surface area contributed by atoms with Crippen molar-refractivity contribution in [3.63, 3.8) is 0 Å². The van der Waals surface area contributed by atoms with Crippen molar-refractivity contribution in [2.75, 3.05) is 5.73 Å². The minimum atomic E-state index is 0.185. The number of nitrogens with one attached hydrogen (secondary N) is 1. The predicted octanol–water partition coefficient (Wildman–Crippen LogP) is 1.34. The van der Waals surface area contributed by atoms with Gasteiger partial charge in [0, 0.05) is 5.92 Å². The lowest BCUT2D eigenvalue weighted by Gasteiger charge is -2.17. The van der Waals surface area contributed by atoms with Gasteiger partial charge in [0.05, 0.1) is 0 Å². The highest BCUT2D eigenvalue weighted by Gasteiger charge is 2.42. The number of H-pyrrole nitrogens is 1. The number of nitrogens with two attached hydrogens (primary N) is 1. The molecule has 2 aromatic heterocycles. The molecule has 2 aromatic rings. The van der Waals surface area contributed by atoms with E-state index < -0.39 is 0 Å². The normalized spacial score (nSPS) is 30.1. The third kappa shape index (κ3) is 1.43. The molecule has 0 radical (unpaired) electrons. The predicted molar refractivity (Wildman–Crippen MR) is 62.3 cm³/mol. The Hall–Kier alpha value is -1.92. The van der Waals surface area contributed by atoms with Crippen LogP contribution < -0.4 is 5.73 Å². The zero-order valence-electron chi connectivity index (χ0n) is 9.83. The molecule has 3 unspecified atom stereocenters. The summed E-state index contributed by atoms with van der Waals surface area (Å²) in [5, 5.41) is 10.5. The summed E-state index contributed by atoms with van der Waals surface area (Å²) in [4.78, 5) is 8.41. The summed E-state index contributed by atoms with van der Waals surface area (Å²) in [7, 11) is 0. The molecule has 0 aromatic carbocycles. The fourth-order valence-corrected chi connectivity index (χ4v) is 3.41. The fourth-order valence-electron chi connectivity index (χ4n) is 3.41. The average Bonchev–Trinajstić information content (AvgIpc) is 3.12. The maximum absolute atomic E-state index is 5.45. The summed E-state index contributed by atoms with van der Waals surface area (Å²) >= 11 is 0. The number of fused-ring (bicyclic) bond motifs is 2. The van der Waals surface area contributed by atoms with Crippen molar-refractivity contribution in [1.29, 1.82) is 0 Å². The van der Waals surface area contributed by atoms with Crippen molar-refractivity contribution in [3.05, 3.63) is 5.82 Å². The molecule has 2 aliphatic carbocycles. The zero-order valence-corrected chi connectivity index (χ0v) is 9.83. The van der Waals surface area contributed by atoms with Crippen LogP contribution in [0.3, 0.4) is 0 Å². The van der Waals surface area contributed by atoms with Gasteiger partial charge in [-0.3, -0.25) is 5.10 Å². The second kappa shape index (κ2) is 3.54. The summed E-state index contributed by atoms with van der Waals surface area (Å²) in [5.41, 5.74) is 5.45. The van der Waals surface area contributed by atoms with E-state index >= 15 is 0 Å². The quantitative estimate of drug-likeness (QED) is 0.828. The SMILES string of the molecule is Nc1n[nH]c(-c2nc(C3CC4CCC3C4)no2)n1. The molecule has 0 saturated heterocycles. The first kappa shape index (κ1) is 10.0. The lowest BCUT2D eigenvalue weighted by Crippen LogP contribution is -2.09. The van der Waals surface area contributed by atoms with Gasteiger partial charge in [0.1, 0.15) is 0 Å². The molecule has 18 heavy (non-hydrogen) atoms. The molecule has 0 aliphatic heterocycles. The van der Waals surface area contributed by atoms with Crippen molar-refractivity contribution in [2.45, 2.75) is 31.6 Å². The first-order chi connectivity index (χ1) is 8.79. The molecule has 2 fully saturated rings. The Morgan fingerprint density at radius 3 is 2.83 bits per heavy atom. The first-order valence-corrected chi connectivity index (χ1v) is 6.31. The van der Waals surface area contributed by atoms with Gasteiger partial charge in [-0.25, -0.2) is 0 Å². The van der Waals surface area contributed by atoms with Gasteiger partial charge in [-0.05, 0) is 31.1 Å². The Kier molecular flexibility index (Phi) is 1.97. The average molecular weight is 246 g/mol. The van der Waals surface area contributed by atoms with Gasteiger partial charge in [0.25, 0.3) is 5.89 Å². The fraction of sp³-hybridized carbons (Fsp3) is 0.636. The van der Waals surface area contributed by atoms with Gasteiger partial charge < -0.3 is 10.3 Å². The Bertz CT molecular complexity index is 576. The number of hydrogen-bond acceptors (Lipinski definition) is 6. The largest absolute Gasteiger partial charge is 0.366 e. The van der Waals surface area contributed by atoms with Crippen LogP contribution in [0, 0.1) is 11.8 Å². The van der Waals surface area contributed by atoms with Crippen molar-refractivity contribution >= 4 is 5.95 Å². The van der Waals surface area contributed by atoms with Crippen LogP contribution in [0.4, 0.5) is 5.95 Å². The second-order valence-electron chi connectivity index (χ2n) is 5.28. The van der Waals surface area contributed by atoms with Crippen molar-refractivity contribution in [1.82, 2.24) is 25.3 Å². The van der Waals surface area contributed by atoms with Gasteiger partial charge in [-0.15, -0.1) is 5.10 Å². The summed E-state index contributed by atoms with van der Waals surface area (Å²) in [6.45, 7) is 0. The van der Waals surface area contributed by atoms with E-state index in [0.29, 0.717) is 17.6 Å². The number of nitrogen functional groups attached to an aromatic ring is 1. The Morgan fingerprint density at radius 1 is 1.22 bits per heavy atom. The van der Waals surface area contributed by atoms with E-state index in [9.17, 15) is 0 Å². The van der Waals surface area contributed by atoms with E-state index in [1.165, 1.54) is 25.7 Å². The molecule has 94 valence electrons. The molecule has 7 nitrogen and oxygen atoms in total. The topological polar surface area (TPSA) is 107 Å². The van der Waals surface area contributed by atoms with Crippen LogP contribution in [0.2, 0.25) is 0 Å². The van der Waals surface area contributed by atoms with Crippen LogP contribution in [0.5, 0.6) is 0 Å². The highest BCUT2D eigenvalue weighted by Crippen LogP contribution is 2.52. The van der Waals surface area contributed by atoms with E-state index in [2.05, 4.69) is 25.3 Å².